The van der Waals surface area contributed by atoms with Gasteiger partial charge in [0.2, 0.25) is 0 Å². The molecule has 1 N–H and O–H groups in total. The molecule has 1 saturated carbocycles. The molecule has 0 bridgehead atoms. The second kappa shape index (κ2) is 6.12. The fourth-order valence-corrected chi connectivity index (χ4v) is 3.57. The van der Waals surface area contributed by atoms with Gasteiger partial charge in [0, 0.05) is 36.4 Å². The molecule has 3 heteroatoms. The fraction of sp³-hybridized carbons (Fsp3) is 0.500. The van der Waals surface area contributed by atoms with Crippen molar-refractivity contribution < 1.29 is 0 Å². The first-order chi connectivity index (χ1) is 10.2. The average molecular weight is 283 g/mol. The maximum Gasteiger partial charge on any atom is 0.0346 e. The number of rotatable bonds is 5. The Hall–Kier alpha value is -1.45. The maximum absolute atomic E-state index is 4.37. The van der Waals surface area contributed by atoms with E-state index in [0.717, 1.165) is 13.1 Å². The standard InChI is InChI=1S/C18H25N3/c1-21(2)18(9-5-6-10-18)14-20-13-16-12-19-11-15-7-3-4-8-17(15)16/h3-4,7-8,11-12,20H,5-6,9-10,13-14H2,1-2H3. The van der Waals surface area contributed by atoms with Crippen LogP contribution in [0.4, 0.5) is 0 Å². The third kappa shape index (κ3) is 2.94. The number of likely N-dealkylation sites (N-methyl/N-ethyl adjacent to an activating group) is 1. The van der Waals surface area contributed by atoms with Crippen LogP contribution in [0.15, 0.2) is 36.7 Å². The fourth-order valence-electron chi connectivity index (χ4n) is 3.57. The first kappa shape index (κ1) is 14.5. The quantitative estimate of drug-likeness (QED) is 0.913. The zero-order valence-electron chi connectivity index (χ0n) is 13.1. The van der Waals surface area contributed by atoms with E-state index in [9.17, 15) is 0 Å². The van der Waals surface area contributed by atoms with Crippen LogP contribution >= 0.6 is 0 Å². The van der Waals surface area contributed by atoms with Crippen LogP contribution in [0, 0.1) is 0 Å². The Morgan fingerprint density at radius 2 is 1.90 bits per heavy atom. The average Bonchev–Trinajstić information content (AvgIpc) is 2.98. The molecule has 0 unspecified atom stereocenters. The minimum absolute atomic E-state index is 0.345. The monoisotopic (exact) mass is 283 g/mol. The Kier molecular flexibility index (Phi) is 4.22. The largest absolute Gasteiger partial charge is 0.311 e. The van der Waals surface area contributed by atoms with Crippen molar-refractivity contribution in [3.8, 4) is 0 Å². The molecule has 1 aromatic heterocycles. The summed E-state index contributed by atoms with van der Waals surface area (Å²) in [5.74, 6) is 0. The molecule has 1 fully saturated rings. The highest BCUT2D eigenvalue weighted by Crippen LogP contribution is 2.33. The summed E-state index contributed by atoms with van der Waals surface area (Å²) in [6.45, 7) is 1.95. The topological polar surface area (TPSA) is 28.2 Å². The zero-order valence-corrected chi connectivity index (χ0v) is 13.1. The van der Waals surface area contributed by atoms with Crippen LogP contribution in [-0.2, 0) is 6.54 Å². The van der Waals surface area contributed by atoms with Gasteiger partial charge in [-0.05, 0) is 37.9 Å². The molecule has 1 aliphatic rings. The number of nitrogens with zero attached hydrogens (tertiary/aromatic N) is 2. The smallest absolute Gasteiger partial charge is 0.0346 e. The molecule has 1 aliphatic carbocycles. The molecule has 21 heavy (non-hydrogen) atoms. The summed E-state index contributed by atoms with van der Waals surface area (Å²) in [4.78, 5) is 6.78. The Labute approximate surface area is 127 Å². The molecule has 0 saturated heterocycles. The van der Waals surface area contributed by atoms with Crippen LogP contribution in [0.25, 0.3) is 10.8 Å². The van der Waals surface area contributed by atoms with Crippen molar-refractivity contribution in [3.05, 3.63) is 42.2 Å². The number of nitrogens with one attached hydrogen (secondary N) is 1. The van der Waals surface area contributed by atoms with Gasteiger partial charge >= 0.3 is 0 Å². The predicted octanol–water partition coefficient (Wildman–Crippen LogP) is 3.20. The summed E-state index contributed by atoms with van der Waals surface area (Å²) in [6.07, 6.45) is 9.26. The van der Waals surface area contributed by atoms with Gasteiger partial charge in [0.1, 0.15) is 0 Å². The highest BCUT2D eigenvalue weighted by Gasteiger charge is 2.35. The highest BCUT2D eigenvalue weighted by atomic mass is 15.2. The van der Waals surface area contributed by atoms with Crippen molar-refractivity contribution in [1.82, 2.24) is 15.2 Å². The van der Waals surface area contributed by atoms with Gasteiger partial charge in [0.25, 0.3) is 0 Å². The lowest BCUT2D eigenvalue weighted by Crippen LogP contribution is -2.49. The molecule has 0 aliphatic heterocycles. The normalized spacial score (nSPS) is 17.7. The molecule has 0 radical (unpaired) electrons. The van der Waals surface area contributed by atoms with Gasteiger partial charge in [-0.15, -0.1) is 0 Å². The van der Waals surface area contributed by atoms with Crippen molar-refractivity contribution >= 4 is 10.8 Å². The Morgan fingerprint density at radius 3 is 2.67 bits per heavy atom. The van der Waals surface area contributed by atoms with E-state index in [1.807, 2.05) is 12.4 Å². The molecule has 1 heterocycles. The summed E-state index contributed by atoms with van der Waals surface area (Å²) < 4.78 is 0. The van der Waals surface area contributed by atoms with Crippen LogP contribution in [0.1, 0.15) is 31.2 Å². The minimum Gasteiger partial charge on any atom is -0.311 e. The van der Waals surface area contributed by atoms with E-state index in [2.05, 4.69) is 53.6 Å². The second-order valence-corrected chi connectivity index (χ2v) is 6.45. The van der Waals surface area contributed by atoms with E-state index >= 15 is 0 Å². The zero-order chi connectivity index (χ0) is 14.7. The van der Waals surface area contributed by atoms with E-state index in [1.165, 1.54) is 42.0 Å². The Bertz CT molecular complexity index is 595. The molecule has 0 atom stereocenters. The van der Waals surface area contributed by atoms with E-state index in [-0.39, 0.29) is 0 Å². The van der Waals surface area contributed by atoms with Gasteiger partial charge < -0.3 is 10.2 Å². The molecule has 112 valence electrons. The third-order valence-electron chi connectivity index (χ3n) is 5.00. The number of benzene rings is 1. The summed E-state index contributed by atoms with van der Waals surface area (Å²) in [5, 5.41) is 6.21. The summed E-state index contributed by atoms with van der Waals surface area (Å²) >= 11 is 0. The molecule has 2 aromatic rings. The molecule has 3 rings (SSSR count). The van der Waals surface area contributed by atoms with Gasteiger partial charge in [-0.25, -0.2) is 0 Å². The van der Waals surface area contributed by atoms with Crippen molar-refractivity contribution in [2.24, 2.45) is 0 Å². The lowest BCUT2D eigenvalue weighted by Gasteiger charge is -2.36. The van der Waals surface area contributed by atoms with Crippen LogP contribution in [0.5, 0.6) is 0 Å². The molecule has 0 spiro atoms. The first-order valence-electron chi connectivity index (χ1n) is 7.91. The first-order valence-corrected chi connectivity index (χ1v) is 7.91. The van der Waals surface area contributed by atoms with Gasteiger partial charge in [0.05, 0.1) is 0 Å². The summed E-state index contributed by atoms with van der Waals surface area (Å²) in [5.41, 5.74) is 1.64. The van der Waals surface area contributed by atoms with E-state index in [1.54, 1.807) is 0 Å². The number of pyridine rings is 1. The minimum atomic E-state index is 0.345. The lowest BCUT2D eigenvalue weighted by atomic mass is 9.96. The van der Waals surface area contributed by atoms with Gasteiger partial charge in [0.15, 0.2) is 0 Å². The highest BCUT2D eigenvalue weighted by molar-refractivity contribution is 5.84. The van der Waals surface area contributed by atoms with Crippen LogP contribution in [0.3, 0.4) is 0 Å². The lowest BCUT2D eigenvalue weighted by molar-refractivity contribution is 0.153. The molecular weight excluding hydrogens is 258 g/mol. The molecule has 3 nitrogen and oxygen atoms in total. The Morgan fingerprint density at radius 1 is 1.14 bits per heavy atom. The van der Waals surface area contributed by atoms with Gasteiger partial charge in [-0.1, -0.05) is 37.1 Å². The molecule has 1 aromatic carbocycles. The van der Waals surface area contributed by atoms with E-state index < -0.39 is 0 Å². The predicted molar refractivity (Wildman–Crippen MR) is 88.3 cm³/mol. The van der Waals surface area contributed by atoms with Crippen LogP contribution in [0.2, 0.25) is 0 Å². The summed E-state index contributed by atoms with van der Waals surface area (Å²) in [6, 6.07) is 8.49. The molecule has 0 amide bonds. The number of hydrogen-bond acceptors (Lipinski definition) is 3. The van der Waals surface area contributed by atoms with Crippen molar-refractivity contribution in [1.29, 1.82) is 0 Å². The van der Waals surface area contributed by atoms with Crippen molar-refractivity contribution in [3.63, 3.8) is 0 Å². The summed E-state index contributed by atoms with van der Waals surface area (Å²) in [7, 11) is 4.43. The number of hydrogen-bond donors (Lipinski definition) is 1. The number of fused-ring (bicyclic) bond motifs is 1. The maximum atomic E-state index is 4.37. The van der Waals surface area contributed by atoms with E-state index in [4.69, 9.17) is 0 Å². The van der Waals surface area contributed by atoms with E-state index in [0.29, 0.717) is 5.54 Å². The van der Waals surface area contributed by atoms with Crippen LogP contribution < -0.4 is 5.32 Å². The van der Waals surface area contributed by atoms with Crippen LogP contribution in [-0.4, -0.2) is 36.1 Å². The van der Waals surface area contributed by atoms with Gasteiger partial charge in [-0.2, -0.15) is 0 Å². The second-order valence-electron chi connectivity index (χ2n) is 6.45. The molecular formula is C18H25N3. The Balaban J connectivity index is 1.69. The number of aromatic nitrogens is 1. The van der Waals surface area contributed by atoms with Crippen molar-refractivity contribution in [2.75, 3.05) is 20.6 Å². The third-order valence-corrected chi connectivity index (χ3v) is 5.00. The van der Waals surface area contributed by atoms with Crippen molar-refractivity contribution in [2.45, 2.75) is 37.8 Å². The SMILES string of the molecule is CN(C)C1(CNCc2cncc3ccccc23)CCCC1. The van der Waals surface area contributed by atoms with Gasteiger partial charge in [-0.3, -0.25) is 4.98 Å².